The molecule has 0 unspecified atom stereocenters. The Bertz CT molecular complexity index is 897. The lowest BCUT2D eigenvalue weighted by molar-refractivity contribution is -0.129. The zero-order chi connectivity index (χ0) is 20.1. The minimum absolute atomic E-state index is 0.0935. The van der Waals surface area contributed by atoms with Crippen molar-refractivity contribution in [2.45, 2.75) is 6.92 Å². The Morgan fingerprint density at radius 1 is 1.04 bits per heavy atom. The van der Waals surface area contributed by atoms with Gasteiger partial charge in [0, 0.05) is 43.7 Å². The molecule has 0 bridgehead atoms. The van der Waals surface area contributed by atoms with E-state index in [4.69, 9.17) is 23.8 Å². The van der Waals surface area contributed by atoms with E-state index in [-0.39, 0.29) is 16.9 Å². The van der Waals surface area contributed by atoms with E-state index in [9.17, 15) is 9.59 Å². The van der Waals surface area contributed by atoms with Crippen LogP contribution in [0, 0.1) is 0 Å². The highest BCUT2D eigenvalue weighted by molar-refractivity contribution is 7.80. The molecule has 1 saturated heterocycles. The molecule has 0 aliphatic carbocycles. The van der Waals surface area contributed by atoms with Gasteiger partial charge in [0.2, 0.25) is 5.91 Å². The number of rotatable bonds is 3. The third kappa shape index (κ3) is 4.99. The summed E-state index contributed by atoms with van der Waals surface area (Å²) >= 11 is 11.2. The highest BCUT2D eigenvalue weighted by atomic mass is 35.5. The molecule has 0 spiro atoms. The van der Waals surface area contributed by atoms with Gasteiger partial charge in [-0.1, -0.05) is 29.8 Å². The number of hydrogen-bond acceptors (Lipinski definition) is 4. The third-order valence-corrected chi connectivity index (χ3v) is 4.97. The van der Waals surface area contributed by atoms with Crippen LogP contribution in [0.5, 0.6) is 0 Å². The molecule has 1 aliphatic rings. The third-order valence-electron chi connectivity index (χ3n) is 4.53. The first kappa shape index (κ1) is 20.1. The summed E-state index contributed by atoms with van der Waals surface area (Å²) in [5, 5.41) is 6.47. The molecule has 1 heterocycles. The molecule has 0 radical (unpaired) electrons. The molecule has 0 aromatic heterocycles. The second-order valence-electron chi connectivity index (χ2n) is 6.43. The van der Waals surface area contributed by atoms with Crippen LogP contribution in [0.4, 0.5) is 11.4 Å². The summed E-state index contributed by atoms with van der Waals surface area (Å²) in [5.74, 6) is -0.233. The fourth-order valence-electron chi connectivity index (χ4n) is 3.08. The summed E-state index contributed by atoms with van der Waals surface area (Å²) in [6, 6.07) is 14.4. The van der Waals surface area contributed by atoms with Gasteiger partial charge in [0.25, 0.3) is 5.91 Å². The Hall–Kier alpha value is -2.64. The van der Waals surface area contributed by atoms with Gasteiger partial charge in [-0.25, -0.2) is 0 Å². The minimum Gasteiger partial charge on any atom is -0.366 e. The van der Waals surface area contributed by atoms with Crippen molar-refractivity contribution in [3.05, 3.63) is 59.1 Å². The van der Waals surface area contributed by atoms with Gasteiger partial charge in [-0.15, -0.1) is 0 Å². The van der Waals surface area contributed by atoms with Crippen LogP contribution in [0.2, 0.25) is 5.02 Å². The zero-order valence-electron chi connectivity index (χ0n) is 15.4. The van der Waals surface area contributed by atoms with E-state index in [0.717, 1.165) is 24.5 Å². The SMILES string of the molecule is CC(=O)N1CCN(c2ccccc2NC(=S)NC(=O)c2cccc(Cl)c2)CC1. The second kappa shape index (κ2) is 9.03. The van der Waals surface area contributed by atoms with Gasteiger partial charge >= 0.3 is 0 Å². The molecular weight excluding hydrogens is 396 g/mol. The molecule has 2 N–H and O–H groups in total. The monoisotopic (exact) mass is 416 g/mol. The number of carbonyl (C=O) groups is 2. The molecule has 6 nitrogen and oxygen atoms in total. The number of amides is 2. The van der Waals surface area contributed by atoms with Crippen molar-refractivity contribution >= 4 is 52.1 Å². The molecule has 1 aliphatic heterocycles. The number of hydrogen-bond donors (Lipinski definition) is 2. The number of carbonyl (C=O) groups excluding carboxylic acids is 2. The van der Waals surface area contributed by atoms with Crippen molar-refractivity contribution in [3.8, 4) is 0 Å². The average Bonchev–Trinajstić information content (AvgIpc) is 2.68. The number of nitrogens with zero attached hydrogens (tertiary/aromatic N) is 2. The van der Waals surface area contributed by atoms with E-state index < -0.39 is 0 Å². The minimum atomic E-state index is -0.326. The quantitative estimate of drug-likeness (QED) is 0.752. The van der Waals surface area contributed by atoms with Crippen molar-refractivity contribution in [2.24, 2.45) is 0 Å². The molecular formula is C20H21ClN4O2S. The molecule has 3 rings (SSSR count). The predicted molar refractivity (Wildman–Crippen MR) is 116 cm³/mol. The van der Waals surface area contributed by atoms with Crippen LogP contribution < -0.4 is 15.5 Å². The van der Waals surface area contributed by atoms with Gasteiger partial charge < -0.3 is 15.1 Å². The molecule has 1 fully saturated rings. The Morgan fingerprint density at radius 3 is 2.43 bits per heavy atom. The van der Waals surface area contributed by atoms with Crippen molar-refractivity contribution < 1.29 is 9.59 Å². The number of piperazine rings is 1. The van der Waals surface area contributed by atoms with Gasteiger partial charge in [-0.3, -0.25) is 14.9 Å². The van der Waals surface area contributed by atoms with Crippen LogP contribution in [-0.4, -0.2) is 48.0 Å². The smallest absolute Gasteiger partial charge is 0.257 e. The lowest BCUT2D eigenvalue weighted by Gasteiger charge is -2.36. The standard InChI is InChI=1S/C20H21ClN4O2S/c1-14(26)24-9-11-25(12-10-24)18-8-3-2-7-17(18)22-20(28)23-19(27)15-5-4-6-16(21)13-15/h2-8,13H,9-12H2,1H3,(H2,22,23,27,28). The van der Waals surface area contributed by atoms with E-state index in [1.807, 2.05) is 29.2 Å². The largest absolute Gasteiger partial charge is 0.366 e. The molecule has 2 amide bonds. The summed E-state index contributed by atoms with van der Waals surface area (Å²) < 4.78 is 0. The first-order valence-electron chi connectivity index (χ1n) is 8.91. The van der Waals surface area contributed by atoms with E-state index in [0.29, 0.717) is 23.7 Å². The van der Waals surface area contributed by atoms with Gasteiger partial charge in [0.15, 0.2) is 5.11 Å². The highest BCUT2D eigenvalue weighted by Crippen LogP contribution is 2.26. The Kier molecular flexibility index (Phi) is 6.49. The number of thiocarbonyl (C=S) groups is 1. The Balaban J connectivity index is 1.65. The average molecular weight is 417 g/mol. The topological polar surface area (TPSA) is 64.7 Å². The first-order valence-corrected chi connectivity index (χ1v) is 9.70. The van der Waals surface area contributed by atoms with Gasteiger partial charge in [-0.05, 0) is 42.5 Å². The Labute approximate surface area is 174 Å². The molecule has 2 aromatic rings. The number of halogens is 1. The molecule has 146 valence electrons. The first-order chi connectivity index (χ1) is 13.4. The summed E-state index contributed by atoms with van der Waals surface area (Å²) in [5.41, 5.74) is 2.21. The van der Waals surface area contributed by atoms with E-state index in [2.05, 4.69) is 15.5 Å². The summed E-state index contributed by atoms with van der Waals surface area (Å²) in [6.45, 7) is 4.42. The zero-order valence-corrected chi connectivity index (χ0v) is 17.0. The van der Waals surface area contributed by atoms with Gasteiger partial charge in [-0.2, -0.15) is 0 Å². The van der Waals surface area contributed by atoms with Crippen LogP contribution >= 0.6 is 23.8 Å². The van der Waals surface area contributed by atoms with Crippen LogP contribution in [-0.2, 0) is 4.79 Å². The summed E-state index contributed by atoms with van der Waals surface area (Å²) in [7, 11) is 0. The lowest BCUT2D eigenvalue weighted by atomic mass is 10.2. The van der Waals surface area contributed by atoms with Crippen molar-refractivity contribution in [2.75, 3.05) is 36.4 Å². The van der Waals surface area contributed by atoms with Crippen molar-refractivity contribution in [1.82, 2.24) is 10.2 Å². The number of benzene rings is 2. The van der Waals surface area contributed by atoms with Crippen molar-refractivity contribution in [1.29, 1.82) is 0 Å². The van der Waals surface area contributed by atoms with Crippen LogP contribution in [0.1, 0.15) is 17.3 Å². The maximum absolute atomic E-state index is 12.3. The fraction of sp³-hybridized carbons (Fsp3) is 0.250. The maximum Gasteiger partial charge on any atom is 0.257 e. The number of para-hydroxylation sites is 2. The predicted octanol–water partition coefficient (Wildman–Crippen LogP) is 3.14. The van der Waals surface area contributed by atoms with Gasteiger partial charge in [0.1, 0.15) is 0 Å². The summed E-state index contributed by atoms with van der Waals surface area (Å²) in [6.07, 6.45) is 0. The Morgan fingerprint density at radius 2 is 1.75 bits per heavy atom. The van der Waals surface area contributed by atoms with E-state index in [1.54, 1.807) is 31.2 Å². The molecule has 2 aromatic carbocycles. The van der Waals surface area contributed by atoms with E-state index >= 15 is 0 Å². The second-order valence-corrected chi connectivity index (χ2v) is 7.27. The van der Waals surface area contributed by atoms with E-state index in [1.165, 1.54) is 0 Å². The highest BCUT2D eigenvalue weighted by Gasteiger charge is 2.21. The maximum atomic E-state index is 12.3. The van der Waals surface area contributed by atoms with Gasteiger partial charge in [0.05, 0.1) is 11.4 Å². The molecule has 0 atom stereocenters. The molecule has 28 heavy (non-hydrogen) atoms. The normalized spacial score (nSPS) is 13.8. The van der Waals surface area contributed by atoms with Crippen LogP contribution in [0.25, 0.3) is 0 Å². The summed E-state index contributed by atoms with van der Waals surface area (Å²) in [4.78, 5) is 27.9. The molecule has 8 heteroatoms. The lowest BCUT2D eigenvalue weighted by Crippen LogP contribution is -2.48. The molecule has 0 saturated carbocycles. The fourth-order valence-corrected chi connectivity index (χ4v) is 3.47. The number of anilines is 2. The van der Waals surface area contributed by atoms with Crippen LogP contribution in [0.15, 0.2) is 48.5 Å². The van der Waals surface area contributed by atoms with Crippen LogP contribution in [0.3, 0.4) is 0 Å². The number of nitrogens with one attached hydrogen (secondary N) is 2. The van der Waals surface area contributed by atoms with Crippen molar-refractivity contribution in [3.63, 3.8) is 0 Å².